The van der Waals surface area contributed by atoms with Crippen LogP contribution in [0.25, 0.3) is 0 Å². The van der Waals surface area contributed by atoms with Crippen LogP contribution in [0.5, 0.6) is 0 Å². The summed E-state index contributed by atoms with van der Waals surface area (Å²) in [5, 5.41) is 11.3. The van der Waals surface area contributed by atoms with Crippen LogP contribution >= 0.6 is 11.3 Å². The Bertz CT molecular complexity index is 502. The number of carboxylic acid groups (broad SMARTS) is 1. The minimum Gasteiger partial charge on any atom is -0.481 e. The maximum atomic E-state index is 11.3. The van der Waals surface area contributed by atoms with Crippen LogP contribution in [0.15, 0.2) is 41.8 Å². The molecule has 0 saturated heterocycles. The topological polar surface area (TPSA) is 37.3 Å². The molecular formula is C14H14O2S. The molecule has 0 aliphatic heterocycles. The summed E-state index contributed by atoms with van der Waals surface area (Å²) >= 11 is 1.66. The third-order valence-electron chi connectivity index (χ3n) is 2.72. The molecule has 0 bridgehead atoms. The molecular weight excluding hydrogens is 232 g/mol. The van der Waals surface area contributed by atoms with Crippen molar-refractivity contribution in [2.24, 2.45) is 0 Å². The summed E-state index contributed by atoms with van der Waals surface area (Å²) in [7, 11) is 0. The number of benzene rings is 1. The first-order valence-electron chi connectivity index (χ1n) is 5.48. The molecule has 0 fully saturated rings. The number of hydrogen-bond donors (Lipinski definition) is 1. The van der Waals surface area contributed by atoms with E-state index in [1.807, 2.05) is 42.6 Å². The Balaban J connectivity index is 2.22. The van der Waals surface area contributed by atoms with Crippen LogP contribution in [-0.4, -0.2) is 11.1 Å². The highest BCUT2D eigenvalue weighted by Crippen LogP contribution is 2.24. The molecule has 0 aliphatic carbocycles. The van der Waals surface area contributed by atoms with Crippen LogP contribution in [0, 0.1) is 6.92 Å². The number of carbonyl (C=O) groups is 1. The smallest absolute Gasteiger partial charge is 0.311 e. The number of carboxylic acids is 1. The van der Waals surface area contributed by atoms with E-state index in [4.69, 9.17) is 0 Å². The lowest BCUT2D eigenvalue weighted by Gasteiger charge is -2.11. The molecule has 1 unspecified atom stereocenters. The van der Waals surface area contributed by atoms with Gasteiger partial charge in [-0.15, -0.1) is 11.3 Å². The molecule has 2 aromatic rings. The Hall–Kier alpha value is -1.61. The molecule has 3 heteroatoms. The number of aliphatic carboxylic acids is 1. The zero-order valence-corrected chi connectivity index (χ0v) is 10.4. The van der Waals surface area contributed by atoms with Crippen molar-refractivity contribution in [1.82, 2.24) is 0 Å². The zero-order valence-electron chi connectivity index (χ0n) is 9.59. The fraction of sp³-hybridized carbons (Fsp3) is 0.214. The third-order valence-corrected chi connectivity index (χ3v) is 3.63. The molecule has 1 N–H and O–H groups in total. The molecule has 0 saturated carbocycles. The maximum absolute atomic E-state index is 11.3. The number of aryl methyl sites for hydroxylation is 1. The lowest BCUT2D eigenvalue weighted by Crippen LogP contribution is -2.14. The molecule has 88 valence electrons. The van der Waals surface area contributed by atoms with Crippen molar-refractivity contribution in [2.45, 2.75) is 19.3 Å². The summed E-state index contributed by atoms with van der Waals surface area (Å²) < 4.78 is 0. The van der Waals surface area contributed by atoms with Gasteiger partial charge in [-0.25, -0.2) is 0 Å². The summed E-state index contributed by atoms with van der Waals surface area (Å²) in [5.74, 6) is -1.22. The highest BCUT2D eigenvalue weighted by molar-refractivity contribution is 7.10. The monoisotopic (exact) mass is 246 g/mol. The Morgan fingerprint density at radius 2 is 2.06 bits per heavy atom. The van der Waals surface area contributed by atoms with E-state index < -0.39 is 11.9 Å². The summed E-state index contributed by atoms with van der Waals surface area (Å²) in [4.78, 5) is 12.5. The van der Waals surface area contributed by atoms with Gasteiger partial charge in [-0.3, -0.25) is 4.79 Å². The van der Waals surface area contributed by atoms with Gasteiger partial charge in [0.05, 0.1) is 5.92 Å². The van der Waals surface area contributed by atoms with Gasteiger partial charge in [0.25, 0.3) is 0 Å². The molecule has 0 radical (unpaired) electrons. The highest BCUT2D eigenvalue weighted by Gasteiger charge is 2.20. The summed E-state index contributed by atoms with van der Waals surface area (Å²) in [6.07, 6.45) is 0.559. The van der Waals surface area contributed by atoms with Crippen molar-refractivity contribution in [3.05, 3.63) is 57.8 Å². The van der Waals surface area contributed by atoms with Crippen molar-refractivity contribution in [2.75, 3.05) is 0 Å². The van der Waals surface area contributed by atoms with E-state index >= 15 is 0 Å². The highest BCUT2D eigenvalue weighted by atomic mass is 32.1. The van der Waals surface area contributed by atoms with Gasteiger partial charge in [0, 0.05) is 4.88 Å². The van der Waals surface area contributed by atoms with Crippen molar-refractivity contribution in [3.63, 3.8) is 0 Å². The molecule has 1 aromatic carbocycles. The van der Waals surface area contributed by atoms with E-state index in [-0.39, 0.29) is 0 Å². The van der Waals surface area contributed by atoms with E-state index in [1.54, 1.807) is 11.3 Å². The normalized spacial score (nSPS) is 12.3. The summed E-state index contributed by atoms with van der Waals surface area (Å²) in [5.41, 5.74) is 1.97. The van der Waals surface area contributed by atoms with Gasteiger partial charge < -0.3 is 5.11 Å². The predicted molar refractivity (Wildman–Crippen MR) is 69.6 cm³/mol. The van der Waals surface area contributed by atoms with E-state index in [2.05, 4.69) is 6.07 Å². The lowest BCUT2D eigenvalue weighted by molar-refractivity contribution is -0.138. The quantitative estimate of drug-likeness (QED) is 0.897. The summed E-state index contributed by atoms with van der Waals surface area (Å²) in [6.45, 7) is 2.03. The minimum absolute atomic E-state index is 0.454. The molecule has 1 atom stereocenters. The van der Waals surface area contributed by atoms with E-state index in [0.29, 0.717) is 6.42 Å². The van der Waals surface area contributed by atoms with Crippen LogP contribution in [0.1, 0.15) is 21.9 Å². The van der Waals surface area contributed by atoms with Gasteiger partial charge in [0.15, 0.2) is 0 Å². The van der Waals surface area contributed by atoms with Gasteiger partial charge in [-0.1, -0.05) is 30.3 Å². The minimum atomic E-state index is -0.764. The fourth-order valence-corrected chi connectivity index (χ4v) is 2.59. The van der Waals surface area contributed by atoms with Gasteiger partial charge >= 0.3 is 5.97 Å². The van der Waals surface area contributed by atoms with Gasteiger partial charge in [0.2, 0.25) is 0 Å². The molecule has 2 rings (SSSR count). The molecule has 1 heterocycles. The fourth-order valence-electron chi connectivity index (χ4n) is 1.87. The van der Waals surface area contributed by atoms with Crippen molar-refractivity contribution >= 4 is 17.3 Å². The van der Waals surface area contributed by atoms with E-state index in [1.165, 1.54) is 4.88 Å². The second-order valence-electron chi connectivity index (χ2n) is 4.07. The Morgan fingerprint density at radius 1 is 1.35 bits per heavy atom. The Morgan fingerprint density at radius 3 is 2.59 bits per heavy atom. The van der Waals surface area contributed by atoms with Gasteiger partial charge in [-0.05, 0) is 35.9 Å². The molecule has 17 heavy (non-hydrogen) atoms. The molecule has 1 aromatic heterocycles. The van der Waals surface area contributed by atoms with Crippen LogP contribution in [0.4, 0.5) is 0 Å². The second-order valence-corrected chi connectivity index (χ2v) is 5.19. The van der Waals surface area contributed by atoms with Crippen LogP contribution in [-0.2, 0) is 11.2 Å². The van der Waals surface area contributed by atoms with Crippen LogP contribution < -0.4 is 0 Å². The van der Waals surface area contributed by atoms with E-state index in [9.17, 15) is 9.90 Å². The summed E-state index contributed by atoms with van der Waals surface area (Å²) in [6, 6.07) is 11.5. The molecule has 0 aliphatic rings. The largest absolute Gasteiger partial charge is 0.481 e. The van der Waals surface area contributed by atoms with Crippen molar-refractivity contribution in [1.29, 1.82) is 0 Å². The third kappa shape index (κ3) is 2.94. The number of thiophene rings is 1. The molecule has 0 amide bonds. The predicted octanol–water partition coefficient (Wildman–Crippen LogP) is 3.47. The number of rotatable bonds is 4. The first kappa shape index (κ1) is 11.9. The average molecular weight is 246 g/mol. The van der Waals surface area contributed by atoms with Crippen molar-refractivity contribution in [3.8, 4) is 0 Å². The van der Waals surface area contributed by atoms with Gasteiger partial charge in [-0.2, -0.15) is 0 Å². The Labute approximate surface area is 105 Å². The molecule has 2 nitrogen and oxygen atoms in total. The lowest BCUT2D eigenvalue weighted by atomic mass is 9.93. The standard InChI is InChI=1S/C14H14O2S/c1-10-7-11(9-17-10)8-13(14(15)16)12-5-3-2-4-6-12/h2-7,9,13H,8H2,1H3,(H,15,16). The molecule has 0 spiro atoms. The maximum Gasteiger partial charge on any atom is 0.311 e. The first-order chi connectivity index (χ1) is 8.16. The van der Waals surface area contributed by atoms with Crippen LogP contribution in [0.2, 0.25) is 0 Å². The Kier molecular flexibility index (Phi) is 3.59. The van der Waals surface area contributed by atoms with Crippen molar-refractivity contribution < 1.29 is 9.90 Å². The first-order valence-corrected chi connectivity index (χ1v) is 6.36. The SMILES string of the molecule is Cc1cc(CC(C(=O)O)c2ccccc2)cs1. The number of hydrogen-bond acceptors (Lipinski definition) is 2. The second kappa shape index (κ2) is 5.15. The van der Waals surface area contributed by atoms with Crippen LogP contribution in [0.3, 0.4) is 0 Å². The van der Waals surface area contributed by atoms with Gasteiger partial charge in [0.1, 0.15) is 0 Å². The zero-order chi connectivity index (χ0) is 12.3. The average Bonchev–Trinajstić information content (AvgIpc) is 2.73. The van der Waals surface area contributed by atoms with E-state index in [0.717, 1.165) is 11.1 Å².